The van der Waals surface area contributed by atoms with Gasteiger partial charge in [-0.1, -0.05) is 59.1 Å². The quantitative estimate of drug-likeness (QED) is 0.164. The highest BCUT2D eigenvalue weighted by Crippen LogP contribution is 2.41. The Hall–Kier alpha value is -2.21. The molecule has 0 saturated heterocycles. The van der Waals surface area contributed by atoms with Crippen molar-refractivity contribution < 1.29 is 31.1 Å². The molecule has 0 radical (unpaired) electrons. The highest BCUT2D eigenvalue weighted by Gasteiger charge is 2.39. The second kappa shape index (κ2) is 11.5. The summed E-state index contributed by atoms with van der Waals surface area (Å²) in [7, 11) is 0. The number of nitrogens with one attached hydrogen (secondary N) is 3. The molecule has 0 aliphatic rings. The largest absolute Gasteiger partial charge is 0.405 e. The van der Waals surface area contributed by atoms with Crippen LogP contribution in [0.5, 0.6) is 0 Å². The van der Waals surface area contributed by atoms with Crippen molar-refractivity contribution in [3.8, 4) is 0 Å². The fourth-order valence-electron chi connectivity index (χ4n) is 2.53. The maximum Gasteiger partial charge on any atom is 0.405 e. The summed E-state index contributed by atoms with van der Waals surface area (Å²) in [6, 6.07) is 7.52. The molecule has 1 atom stereocenters. The van der Waals surface area contributed by atoms with E-state index in [2.05, 4.69) is 23.1 Å². The molecule has 2 aromatic rings. The van der Waals surface area contributed by atoms with E-state index in [1.54, 1.807) is 0 Å². The van der Waals surface area contributed by atoms with Gasteiger partial charge in [-0.25, -0.2) is 0 Å². The van der Waals surface area contributed by atoms with Crippen molar-refractivity contribution >= 4 is 64.1 Å². The number of hydrogen-bond donors (Lipinski definition) is 3. The zero-order chi connectivity index (χ0) is 25.7. The monoisotopic (exact) mass is 563 g/mol. The zero-order valence-electron chi connectivity index (χ0n) is 16.6. The molecular weight excluding hydrogens is 551 g/mol. The van der Waals surface area contributed by atoms with Crippen LogP contribution in [0.25, 0.3) is 6.08 Å². The molecule has 0 aliphatic heterocycles. The first-order valence-electron chi connectivity index (χ1n) is 9.07. The van der Waals surface area contributed by atoms with Crippen molar-refractivity contribution in [3.63, 3.8) is 0 Å². The summed E-state index contributed by atoms with van der Waals surface area (Å²) in [5, 5.41) is 1.10. The summed E-state index contributed by atoms with van der Waals surface area (Å²) in [6.07, 6.45) is -7.04. The molecule has 0 aromatic heterocycles. The number of hydrazine groups is 1. The highest BCUT2D eigenvalue weighted by molar-refractivity contribution is 7.80. The first-order chi connectivity index (χ1) is 15.7. The Morgan fingerprint density at radius 3 is 2.03 bits per heavy atom. The second-order valence-corrected chi connectivity index (χ2v) is 8.28. The molecule has 2 aromatic carbocycles. The molecule has 184 valence electrons. The van der Waals surface area contributed by atoms with Gasteiger partial charge >= 0.3 is 12.4 Å². The molecule has 34 heavy (non-hydrogen) atoms. The number of halogens is 9. The molecule has 0 heterocycles. The minimum Gasteiger partial charge on any atom is -0.352 e. The maximum absolute atomic E-state index is 13.6. The molecule has 0 saturated carbocycles. The van der Waals surface area contributed by atoms with Crippen molar-refractivity contribution in [3.05, 3.63) is 74.2 Å². The Balaban J connectivity index is 2.07. The normalized spacial score (nSPS) is 13.0. The molecule has 2 rings (SSSR count). The summed E-state index contributed by atoms with van der Waals surface area (Å²) in [5.41, 5.74) is 4.41. The lowest BCUT2D eigenvalue weighted by Gasteiger charge is -2.18. The lowest BCUT2D eigenvalue weighted by molar-refractivity contribution is -0.139. The predicted octanol–water partition coefficient (Wildman–Crippen LogP) is 6.68. The minimum absolute atomic E-state index is 0.0581. The standard InChI is InChI=1S/C20H14Cl3F6N3OS/c21-14-7-12(8-15(22)16(14)23)13(20(27,28)29)6-3-10-1-4-11(5-2-10)17(33)31-32-18(34)30-9-19(24,25)26/h1-8,13H,9H2,(H,31,33)(H2,30,32,34). The lowest BCUT2D eigenvalue weighted by atomic mass is 9.97. The van der Waals surface area contributed by atoms with Crippen molar-refractivity contribution in [1.82, 2.24) is 16.2 Å². The first-order valence-corrected chi connectivity index (χ1v) is 10.6. The van der Waals surface area contributed by atoms with Gasteiger partial charge in [-0.3, -0.25) is 15.6 Å². The SMILES string of the molecule is O=C(NNC(=S)NCC(F)(F)F)c1ccc(C=CC(c2cc(Cl)c(Cl)c(Cl)c2)C(F)(F)F)cc1. The fraction of sp³-hybridized carbons (Fsp3) is 0.200. The van der Waals surface area contributed by atoms with Gasteiger partial charge < -0.3 is 5.32 Å². The summed E-state index contributed by atoms with van der Waals surface area (Å²) in [5.74, 6) is -2.76. The van der Waals surface area contributed by atoms with Crippen LogP contribution in [-0.2, 0) is 0 Å². The molecule has 3 N–H and O–H groups in total. The zero-order valence-corrected chi connectivity index (χ0v) is 19.7. The number of carbonyl (C=O) groups is 1. The van der Waals surface area contributed by atoms with E-state index in [-0.39, 0.29) is 26.2 Å². The van der Waals surface area contributed by atoms with Gasteiger partial charge in [0.05, 0.1) is 21.0 Å². The average Bonchev–Trinajstić information content (AvgIpc) is 2.73. The fourth-order valence-corrected chi connectivity index (χ4v) is 3.26. The van der Waals surface area contributed by atoms with E-state index in [0.717, 1.165) is 18.2 Å². The average molecular weight is 565 g/mol. The predicted molar refractivity (Wildman–Crippen MR) is 123 cm³/mol. The molecule has 0 aliphatic carbocycles. The number of rotatable bonds is 5. The third-order valence-electron chi connectivity index (χ3n) is 4.11. The summed E-state index contributed by atoms with van der Waals surface area (Å²) in [6.45, 7) is -1.39. The van der Waals surface area contributed by atoms with Gasteiger partial charge in [0.15, 0.2) is 5.11 Å². The van der Waals surface area contributed by atoms with Crippen LogP contribution in [0.1, 0.15) is 27.4 Å². The summed E-state index contributed by atoms with van der Waals surface area (Å²) in [4.78, 5) is 12.0. The summed E-state index contributed by atoms with van der Waals surface area (Å²) < 4.78 is 77.2. The van der Waals surface area contributed by atoms with E-state index in [0.29, 0.717) is 5.56 Å². The number of allylic oxidation sites excluding steroid dienone is 1. The van der Waals surface area contributed by atoms with E-state index >= 15 is 0 Å². The van der Waals surface area contributed by atoms with E-state index in [1.165, 1.54) is 30.3 Å². The number of hydrogen-bond acceptors (Lipinski definition) is 2. The van der Waals surface area contributed by atoms with Gasteiger partial charge in [0.25, 0.3) is 5.91 Å². The number of alkyl halides is 6. The van der Waals surface area contributed by atoms with E-state index in [4.69, 9.17) is 34.8 Å². The van der Waals surface area contributed by atoms with Crippen LogP contribution in [0, 0.1) is 0 Å². The molecule has 0 fully saturated rings. The van der Waals surface area contributed by atoms with E-state index < -0.39 is 35.8 Å². The van der Waals surface area contributed by atoms with Crippen molar-refractivity contribution in [2.45, 2.75) is 18.3 Å². The van der Waals surface area contributed by atoms with Gasteiger partial charge in [0.2, 0.25) is 0 Å². The molecular formula is C20H14Cl3F6N3OS. The van der Waals surface area contributed by atoms with Crippen LogP contribution < -0.4 is 16.2 Å². The Morgan fingerprint density at radius 2 is 1.53 bits per heavy atom. The van der Waals surface area contributed by atoms with Crippen LogP contribution in [0.15, 0.2) is 42.5 Å². The molecule has 4 nitrogen and oxygen atoms in total. The minimum atomic E-state index is -4.65. The third-order valence-corrected chi connectivity index (χ3v) is 5.55. The molecule has 0 spiro atoms. The van der Waals surface area contributed by atoms with Gasteiger partial charge in [-0.05, 0) is 47.6 Å². The van der Waals surface area contributed by atoms with E-state index in [9.17, 15) is 31.1 Å². The third kappa shape index (κ3) is 8.53. The lowest BCUT2D eigenvalue weighted by Crippen LogP contribution is -2.48. The topological polar surface area (TPSA) is 53.2 Å². The Kier molecular flexibility index (Phi) is 9.46. The Labute approximate surface area is 210 Å². The highest BCUT2D eigenvalue weighted by atomic mass is 35.5. The number of amides is 1. The van der Waals surface area contributed by atoms with Crippen LogP contribution >= 0.6 is 47.0 Å². The Morgan fingerprint density at radius 1 is 0.971 bits per heavy atom. The van der Waals surface area contributed by atoms with Crippen molar-refractivity contribution in [2.24, 2.45) is 0 Å². The summed E-state index contributed by atoms with van der Waals surface area (Å²) >= 11 is 22.1. The number of benzene rings is 2. The van der Waals surface area contributed by atoms with Crippen molar-refractivity contribution in [1.29, 1.82) is 0 Å². The molecule has 0 bridgehead atoms. The Bertz CT molecular complexity index is 1050. The van der Waals surface area contributed by atoms with Gasteiger partial charge in [0.1, 0.15) is 6.54 Å². The van der Waals surface area contributed by atoms with Gasteiger partial charge in [0, 0.05) is 5.56 Å². The number of carbonyl (C=O) groups excluding carboxylic acids is 1. The second-order valence-electron chi connectivity index (χ2n) is 6.68. The number of thiocarbonyl (C=S) groups is 1. The van der Waals surface area contributed by atoms with Gasteiger partial charge in [-0.2, -0.15) is 26.3 Å². The van der Waals surface area contributed by atoms with Crippen LogP contribution in [-0.4, -0.2) is 29.9 Å². The maximum atomic E-state index is 13.6. The first kappa shape index (κ1) is 28.0. The smallest absolute Gasteiger partial charge is 0.352 e. The van der Waals surface area contributed by atoms with Crippen LogP contribution in [0.4, 0.5) is 26.3 Å². The van der Waals surface area contributed by atoms with E-state index in [1.807, 2.05) is 5.32 Å². The molecule has 1 amide bonds. The molecule has 1 unspecified atom stereocenters. The van der Waals surface area contributed by atoms with Gasteiger partial charge in [-0.15, -0.1) is 0 Å². The van der Waals surface area contributed by atoms with Crippen LogP contribution in [0.3, 0.4) is 0 Å². The van der Waals surface area contributed by atoms with Crippen LogP contribution in [0.2, 0.25) is 15.1 Å². The van der Waals surface area contributed by atoms with Crippen molar-refractivity contribution in [2.75, 3.05) is 6.54 Å². The molecule has 14 heteroatoms.